The Morgan fingerprint density at radius 2 is 1.76 bits per heavy atom. The normalized spacial score (nSPS) is 15.8. The summed E-state index contributed by atoms with van der Waals surface area (Å²) in [5.41, 5.74) is 4.46. The molecule has 3 N–H and O–H groups in total. The lowest BCUT2D eigenvalue weighted by molar-refractivity contribution is -0.192. The van der Waals surface area contributed by atoms with Crippen molar-refractivity contribution in [1.82, 2.24) is 20.3 Å². The summed E-state index contributed by atoms with van der Waals surface area (Å²) in [6.45, 7) is 1.83. The van der Waals surface area contributed by atoms with Crippen molar-refractivity contribution < 1.29 is 36.3 Å². The second-order valence-corrected chi connectivity index (χ2v) is 12.2. The lowest BCUT2D eigenvalue weighted by atomic mass is 10.1. The maximum absolute atomic E-state index is 13.1. The van der Waals surface area contributed by atoms with E-state index in [1.807, 2.05) is 12.1 Å². The summed E-state index contributed by atoms with van der Waals surface area (Å²) in [6.07, 6.45) is -0.489. The molecule has 15 heteroatoms. The lowest BCUT2D eigenvalue weighted by Gasteiger charge is -2.22. The highest BCUT2D eigenvalue weighted by atomic mass is 35.5. The van der Waals surface area contributed by atoms with Crippen molar-refractivity contribution in [2.45, 2.75) is 35.7 Å². The molecule has 1 saturated heterocycles. The molecule has 42 heavy (non-hydrogen) atoms. The number of carbonyl (C=O) groups is 2. The Hall–Kier alpha value is -4.01. The van der Waals surface area contributed by atoms with E-state index in [1.54, 1.807) is 47.6 Å². The van der Waals surface area contributed by atoms with Crippen LogP contribution in [0.15, 0.2) is 59.8 Å². The zero-order valence-electron chi connectivity index (χ0n) is 21.7. The van der Waals surface area contributed by atoms with E-state index in [0.717, 1.165) is 11.1 Å². The number of nitrogens with one attached hydrogen (secondary N) is 2. The summed E-state index contributed by atoms with van der Waals surface area (Å²) < 4.78 is 57.8. The number of hydrogen-bond donors (Lipinski definition) is 3. The number of fused-ring (bicyclic) bond motifs is 2. The number of carboxylic acids is 1. The number of carbonyl (C=O) groups excluding carboxylic acids is 1. The zero-order chi connectivity index (χ0) is 30.2. The number of rotatable bonds is 4. The molecule has 0 atom stereocenters. The van der Waals surface area contributed by atoms with Crippen LogP contribution < -0.4 is 10.2 Å². The van der Waals surface area contributed by atoms with E-state index in [4.69, 9.17) is 26.5 Å². The van der Waals surface area contributed by atoms with Gasteiger partial charge in [-0.2, -0.15) is 13.2 Å². The van der Waals surface area contributed by atoms with Gasteiger partial charge in [0.25, 0.3) is 5.91 Å². The molecule has 10 nitrogen and oxygen atoms in total. The third kappa shape index (κ3) is 5.69. The molecule has 0 spiro atoms. The van der Waals surface area contributed by atoms with Crippen LogP contribution in [-0.4, -0.2) is 64.9 Å². The van der Waals surface area contributed by atoms with E-state index in [0.29, 0.717) is 70.5 Å². The summed E-state index contributed by atoms with van der Waals surface area (Å²) in [7, 11) is -3.38. The molecule has 1 amide bonds. The molecule has 220 valence electrons. The van der Waals surface area contributed by atoms with Crippen molar-refractivity contribution in [2.24, 2.45) is 0 Å². The molecule has 2 aromatic carbocycles. The Bertz CT molecular complexity index is 1770. The summed E-state index contributed by atoms with van der Waals surface area (Å²) in [5.74, 6) is -2.93. The number of aromatic amines is 1. The molecule has 0 aliphatic carbocycles. The van der Waals surface area contributed by atoms with E-state index < -0.39 is 22.0 Å². The molecule has 4 aromatic rings. The first-order valence-electron chi connectivity index (χ1n) is 12.7. The minimum absolute atomic E-state index is 0.175. The van der Waals surface area contributed by atoms with Crippen molar-refractivity contribution in [1.29, 1.82) is 0 Å². The molecule has 2 aliphatic rings. The highest BCUT2D eigenvalue weighted by Gasteiger charge is 2.38. The second kappa shape index (κ2) is 11.3. The van der Waals surface area contributed by atoms with Gasteiger partial charge in [0.1, 0.15) is 5.52 Å². The standard InChI is InChI=1S/C25H22ClN5O3S.C2HF3O2/c26-19-3-1-2-16-14-31(25(32)22(16)19)21-13-29-24-23(21)30-20(12-28-24)15-4-6-17(7-5-15)35(33,34)18-8-10-27-11-9-18;3-2(4,5)1(6)7/h1-7,12-13,18,27H,8-11,14H2,(H,28,29);(H,6,7). The predicted molar refractivity (Wildman–Crippen MR) is 148 cm³/mol. The number of H-pyrrole nitrogens is 1. The number of anilines is 1. The number of nitrogens with zero attached hydrogens (tertiary/aromatic N) is 3. The van der Waals surface area contributed by atoms with Gasteiger partial charge in [-0.3, -0.25) is 4.79 Å². The first-order chi connectivity index (χ1) is 19.9. The number of piperidine rings is 1. The number of amides is 1. The molecule has 6 rings (SSSR count). The number of alkyl halides is 3. The number of sulfone groups is 1. The fourth-order valence-electron chi connectivity index (χ4n) is 4.85. The van der Waals surface area contributed by atoms with E-state index in [1.165, 1.54) is 0 Å². The number of aliphatic carboxylic acids is 1. The van der Waals surface area contributed by atoms with Crippen LogP contribution in [0.25, 0.3) is 22.4 Å². The Morgan fingerprint density at radius 1 is 1.10 bits per heavy atom. The van der Waals surface area contributed by atoms with Gasteiger partial charge >= 0.3 is 12.1 Å². The quantitative estimate of drug-likeness (QED) is 0.300. The van der Waals surface area contributed by atoms with Gasteiger partial charge in [-0.05, 0) is 49.7 Å². The first-order valence-corrected chi connectivity index (χ1v) is 14.6. The van der Waals surface area contributed by atoms with Crippen molar-refractivity contribution in [3.05, 3.63) is 71.0 Å². The highest BCUT2D eigenvalue weighted by molar-refractivity contribution is 7.92. The molecule has 2 aromatic heterocycles. The monoisotopic (exact) mass is 621 g/mol. The summed E-state index contributed by atoms with van der Waals surface area (Å²) in [5, 5.41) is 10.4. The molecule has 4 heterocycles. The molecule has 1 fully saturated rings. The molecule has 0 unspecified atom stereocenters. The molecular weight excluding hydrogens is 599 g/mol. The van der Waals surface area contributed by atoms with Crippen LogP contribution >= 0.6 is 11.6 Å². The van der Waals surface area contributed by atoms with Crippen LogP contribution in [0.1, 0.15) is 28.8 Å². The fraction of sp³-hybridized carbons (Fsp3) is 0.259. The van der Waals surface area contributed by atoms with E-state index in [9.17, 15) is 26.4 Å². The predicted octanol–water partition coefficient (Wildman–Crippen LogP) is 4.60. The van der Waals surface area contributed by atoms with E-state index >= 15 is 0 Å². The van der Waals surface area contributed by atoms with Gasteiger partial charge in [-0.1, -0.05) is 35.9 Å². The third-order valence-corrected chi connectivity index (χ3v) is 9.58. The number of halogens is 4. The zero-order valence-corrected chi connectivity index (χ0v) is 23.2. The highest BCUT2D eigenvalue weighted by Crippen LogP contribution is 2.36. The van der Waals surface area contributed by atoms with Crippen LogP contribution in [0.5, 0.6) is 0 Å². The van der Waals surface area contributed by atoms with Crippen molar-refractivity contribution in [3.8, 4) is 11.3 Å². The largest absolute Gasteiger partial charge is 0.490 e. The maximum Gasteiger partial charge on any atom is 0.490 e. The molecule has 0 saturated carbocycles. The average molecular weight is 622 g/mol. The topological polar surface area (TPSA) is 145 Å². The summed E-state index contributed by atoms with van der Waals surface area (Å²) in [4.78, 5) is 36.3. The van der Waals surface area contributed by atoms with Crippen LogP contribution in [-0.2, 0) is 21.2 Å². The third-order valence-electron chi connectivity index (χ3n) is 6.99. The molecular formula is C27H23ClF3N5O5S. The first kappa shape index (κ1) is 29.5. The molecule has 0 bridgehead atoms. The van der Waals surface area contributed by atoms with Crippen LogP contribution in [0.4, 0.5) is 18.9 Å². The number of benzene rings is 2. The van der Waals surface area contributed by atoms with Gasteiger partial charge in [-0.15, -0.1) is 0 Å². The summed E-state index contributed by atoms with van der Waals surface area (Å²) in [6, 6.07) is 12.2. The number of hydrogen-bond acceptors (Lipinski definition) is 7. The molecule has 2 aliphatic heterocycles. The van der Waals surface area contributed by atoms with Gasteiger partial charge in [-0.25, -0.2) is 23.2 Å². The van der Waals surface area contributed by atoms with Gasteiger partial charge in [0.05, 0.1) is 44.9 Å². The number of carboxylic acid groups (broad SMARTS) is 1. The lowest BCUT2D eigenvalue weighted by Crippen LogP contribution is -2.35. The Balaban J connectivity index is 0.000000451. The van der Waals surface area contributed by atoms with Crippen LogP contribution in [0, 0.1) is 0 Å². The second-order valence-electron chi connectivity index (χ2n) is 9.61. The van der Waals surface area contributed by atoms with Gasteiger partial charge < -0.3 is 20.3 Å². The minimum Gasteiger partial charge on any atom is -0.475 e. The van der Waals surface area contributed by atoms with Gasteiger partial charge in [0.2, 0.25) is 0 Å². The van der Waals surface area contributed by atoms with Gasteiger partial charge in [0, 0.05) is 11.8 Å². The smallest absolute Gasteiger partial charge is 0.475 e. The van der Waals surface area contributed by atoms with Crippen molar-refractivity contribution >= 4 is 50.2 Å². The maximum atomic E-state index is 13.1. The van der Waals surface area contributed by atoms with E-state index in [-0.39, 0.29) is 11.2 Å². The Kier molecular flexibility index (Phi) is 7.96. The number of aromatic nitrogens is 3. The Morgan fingerprint density at radius 3 is 2.38 bits per heavy atom. The average Bonchev–Trinajstić information content (AvgIpc) is 3.54. The van der Waals surface area contributed by atoms with Crippen LogP contribution in [0.3, 0.4) is 0 Å². The SMILES string of the molecule is O=C(O)C(F)(F)F.O=C1c2c(Cl)cccc2CN1c1c[nH]c2ncc(-c3ccc(S(=O)(=O)C4CCNCC4)cc3)nc12. The van der Waals surface area contributed by atoms with E-state index in [2.05, 4.69) is 15.3 Å². The van der Waals surface area contributed by atoms with Gasteiger partial charge in [0.15, 0.2) is 15.5 Å². The summed E-state index contributed by atoms with van der Waals surface area (Å²) >= 11 is 6.28. The van der Waals surface area contributed by atoms with Crippen molar-refractivity contribution in [3.63, 3.8) is 0 Å². The minimum atomic E-state index is -5.08. The Labute approximate surface area is 242 Å². The fourth-order valence-corrected chi connectivity index (χ4v) is 6.88. The van der Waals surface area contributed by atoms with Crippen LogP contribution in [0.2, 0.25) is 5.02 Å². The van der Waals surface area contributed by atoms with Crippen molar-refractivity contribution in [2.75, 3.05) is 18.0 Å². The molecule has 0 radical (unpaired) electrons.